The molecule has 0 aliphatic carbocycles. The van der Waals surface area contributed by atoms with Gasteiger partial charge < -0.3 is 44.7 Å². The number of hydrogen-bond acceptors (Lipinski definition) is 10. The molecule has 31 heavy (non-hydrogen) atoms. The van der Waals surface area contributed by atoms with E-state index in [9.17, 15) is 30.0 Å². The Kier molecular flexibility index (Phi) is 9.41. The number of rotatable bonds is 8. The monoisotopic (exact) mass is 445 g/mol. The zero-order chi connectivity index (χ0) is 23.1. The summed E-state index contributed by atoms with van der Waals surface area (Å²) in [4.78, 5) is 24.6. The van der Waals surface area contributed by atoms with E-state index in [0.29, 0.717) is 12.1 Å². The largest absolute Gasteiger partial charge is 0.468 e. The molecule has 2 aliphatic heterocycles. The second-order valence-corrected chi connectivity index (χ2v) is 7.26. The van der Waals surface area contributed by atoms with Crippen LogP contribution in [0.3, 0.4) is 0 Å². The summed E-state index contributed by atoms with van der Waals surface area (Å²) < 4.78 is 21.3. The lowest BCUT2D eigenvalue weighted by Crippen LogP contribution is -2.60. The Hall–Kier alpha value is -2.02. The van der Waals surface area contributed by atoms with Gasteiger partial charge in [0, 0.05) is 24.5 Å². The molecule has 176 valence electrons. The molecule has 1 fully saturated rings. The highest BCUT2D eigenvalue weighted by atomic mass is 16.8. The number of nitrogens with one attached hydrogen (secondary N) is 1. The molecule has 1 amide bonds. The highest BCUT2D eigenvalue weighted by Crippen LogP contribution is 2.35. The first-order valence-corrected chi connectivity index (χ1v) is 10.1. The highest BCUT2D eigenvalue weighted by molar-refractivity contribution is 5.91. The highest BCUT2D eigenvalue weighted by Gasteiger charge is 2.46. The van der Waals surface area contributed by atoms with Gasteiger partial charge in [-0.05, 0) is 13.3 Å². The van der Waals surface area contributed by atoms with Crippen LogP contribution in [0.4, 0.5) is 0 Å². The van der Waals surface area contributed by atoms with Gasteiger partial charge in [-0.3, -0.25) is 4.79 Å². The van der Waals surface area contributed by atoms with E-state index in [4.69, 9.17) is 18.9 Å². The van der Waals surface area contributed by atoms with Crippen molar-refractivity contribution in [3.05, 3.63) is 23.5 Å². The maximum Gasteiger partial charge on any atom is 0.337 e. The lowest BCUT2D eigenvalue weighted by Gasteiger charge is -2.42. The Bertz CT molecular complexity index is 691. The molecule has 2 heterocycles. The fraction of sp³-hybridized carbons (Fsp3) is 0.700. The molecule has 0 unspecified atom stereocenters. The zero-order valence-corrected chi connectivity index (χ0v) is 17.8. The predicted octanol–water partition coefficient (Wildman–Crippen LogP) is -1.31. The molecule has 0 saturated carbocycles. The van der Waals surface area contributed by atoms with Crippen LogP contribution in [-0.4, -0.2) is 89.6 Å². The summed E-state index contributed by atoms with van der Waals surface area (Å²) in [6.07, 6.45) is -5.12. The quantitative estimate of drug-likeness (QED) is 0.224. The number of esters is 1. The van der Waals surface area contributed by atoms with Crippen molar-refractivity contribution in [3.8, 4) is 0 Å². The third-order valence-electron chi connectivity index (χ3n) is 5.19. The summed E-state index contributed by atoms with van der Waals surface area (Å²) in [6, 6.07) is 0. The standard InChI is InChI=1S/C20H31NO10/c1-4-6-21-14(23)7-11-10(5-2)19(29-9-12(11)18(27)28-3)31-20-17(26)16(25)15(24)13(8-22)30-20/h5,9,11,13,15-17,19-20,22,24-26H,4,6-8H2,1-3H3,(H,21,23)/b10-5+/t11-,13+,15+,16-,17+,19-,20-/m0/s1. The molecule has 7 atom stereocenters. The second kappa shape index (κ2) is 11.6. The molecule has 0 aromatic carbocycles. The van der Waals surface area contributed by atoms with Crippen LogP contribution in [0.5, 0.6) is 0 Å². The first-order chi connectivity index (χ1) is 14.8. The molecule has 0 aromatic rings. The molecule has 5 N–H and O–H groups in total. The van der Waals surface area contributed by atoms with E-state index < -0.39 is 55.5 Å². The van der Waals surface area contributed by atoms with Gasteiger partial charge in [-0.2, -0.15) is 0 Å². The molecule has 11 nitrogen and oxygen atoms in total. The Morgan fingerprint density at radius 2 is 1.94 bits per heavy atom. The number of carbonyl (C=O) groups is 2. The van der Waals surface area contributed by atoms with Crippen LogP contribution in [0.2, 0.25) is 0 Å². The van der Waals surface area contributed by atoms with Gasteiger partial charge in [0.05, 0.1) is 25.6 Å². The van der Waals surface area contributed by atoms with Crippen molar-refractivity contribution in [1.82, 2.24) is 5.32 Å². The summed E-state index contributed by atoms with van der Waals surface area (Å²) in [6.45, 7) is 3.45. The van der Waals surface area contributed by atoms with Gasteiger partial charge in [-0.1, -0.05) is 13.0 Å². The number of carbonyl (C=O) groups excluding carboxylic acids is 2. The SMILES string of the molecule is C/C=C1/[C@H](O[C@@H]2O[C@H](CO)[C@@H](O)[C@H](O)[C@H]2O)OC=C(C(=O)OC)[C@H]1CC(=O)NCCC. The normalized spacial score (nSPS) is 34.6. The third-order valence-corrected chi connectivity index (χ3v) is 5.19. The van der Waals surface area contributed by atoms with Gasteiger partial charge in [0.1, 0.15) is 24.4 Å². The van der Waals surface area contributed by atoms with Gasteiger partial charge >= 0.3 is 5.97 Å². The lowest BCUT2D eigenvalue weighted by atomic mass is 9.86. The third kappa shape index (κ3) is 5.82. The van der Waals surface area contributed by atoms with E-state index in [1.807, 2.05) is 6.92 Å². The average Bonchev–Trinajstić information content (AvgIpc) is 2.77. The summed E-state index contributed by atoms with van der Waals surface area (Å²) in [5, 5.41) is 42.2. The molecular formula is C20H31NO10. The van der Waals surface area contributed by atoms with Crippen molar-refractivity contribution < 1.29 is 49.0 Å². The maximum atomic E-state index is 12.3. The van der Waals surface area contributed by atoms with Crippen LogP contribution in [0.15, 0.2) is 23.5 Å². The van der Waals surface area contributed by atoms with E-state index in [2.05, 4.69) is 5.32 Å². The van der Waals surface area contributed by atoms with Crippen LogP contribution in [0.1, 0.15) is 26.7 Å². The molecule has 0 aromatic heterocycles. The Morgan fingerprint density at radius 1 is 1.23 bits per heavy atom. The van der Waals surface area contributed by atoms with E-state index >= 15 is 0 Å². The molecule has 0 spiro atoms. The molecule has 2 rings (SSSR count). The van der Waals surface area contributed by atoms with E-state index in [1.165, 1.54) is 7.11 Å². The smallest absolute Gasteiger partial charge is 0.337 e. The Morgan fingerprint density at radius 3 is 2.52 bits per heavy atom. The number of hydrogen-bond donors (Lipinski definition) is 5. The minimum atomic E-state index is -1.63. The first-order valence-electron chi connectivity index (χ1n) is 10.1. The number of allylic oxidation sites excluding steroid dienone is 1. The lowest BCUT2D eigenvalue weighted by molar-refractivity contribution is -0.327. The van der Waals surface area contributed by atoms with E-state index in [-0.39, 0.29) is 17.9 Å². The van der Waals surface area contributed by atoms with E-state index in [1.54, 1.807) is 13.0 Å². The van der Waals surface area contributed by atoms with Crippen LogP contribution in [-0.2, 0) is 28.5 Å². The maximum absolute atomic E-state index is 12.3. The van der Waals surface area contributed by atoms with Crippen molar-refractivity contribution >= 4 is 11.9 Å². The van der Waals surface area contributed by atoms with Gasteiger partial charge in [0.15, 0.2) is 6.29 Å². The molecular weight excluding hydrogens is 414 g/mol. The summed E-state index contributed by atoms with van der Waals surface area (Å²) in [7, 11) is 1.21. The summed E-state index contributed by atoms with van der Waals surface area (Å²) >= 11 is 0. The van der Waals surface area contributed by atoms with Crippen LogP contribution < -0.4 is 5.32 Å². The van der Waals surface area contributed by atoms with Gasteiger partial charge in [-0.25, -0.2) is 4.79 Å². The Balaban J connectivity index is 2.25. The summed E-state index contributed by atoms with van der Waals surface area (Å²) in [5.74, 6) is -1.67. The predicted molar refractivity (Wildman–Crippen MR) is 105 cm³/mol. The first kappa shape index (κ1) is 25.2. The fourth-order valence-electron chi connectivity index (χ4n) is 3.45. The van der Waals surface area contributed by atoms with Crippen molar-refractivity contribution in [3.63, 3.8) is 0 Å². The average molecular weight is 445 g/mol. The molecule has 11 heteroatoms. The molecule has 2 aliphatic rings. The van der Waals surface area contributed by atoms with Gasteiger partial charge in [0.25, 0.3) is 0 Å². The van der Waals surface area contributed by atoms with Crippen molar-refractivity contribution in [2.75, 3.05) is 20.3 Å². The second-order valence-electron chi connectivity index (χ2n) is 7.26. The van der Waals surface area contributed by atoms with Crippen LogP contribution in [0, 0.1) is 5.92 Å². The number of ether oxygens (including phenoxy) is 4. The molecule has 0 radical (unpaired) electrons. The number of aliphatic hydroxyl groups excluding tert-OH is 4. The summed E-state index contributed by atoms with van der Waals surface area (Å²) in [5.41, 5.74) is 0.530. The minimum absolute atomic E-state index is 0.0709. The topological polar surface area (TPSA) is 164 Å². The minimum Gasteiger partial charge on any atom is -0.468 e. The van der Waals surface area contributed by atoms with Gasteiger partial charge in [-0.15, -0.1) is 0 Å². The van der Waals surface area contributed by atoms with Crippen molar-refractivity contribution in [2.45, 2.75) is 63.7 Å². The number of aliphatic hydroxyl groups is 4. The number of methoxy groups -OCH3 is 1. The fourth-order valence-corrected chi connectivity index (χ4v) is 3.45. The van der Waals surface area contributed by atoms with Crippen LogP contribution in [0.25, 0.3) is 0 Å². The Labute approximate surface area is 180 Å². The van der Waals surface area contributed by atoms with Crippen molar-refractivity contribution in [1.29, 1.82) is 0 Å². The van der Waals surface area contributed by atoms with Crippen LogP contribution >= 0.6 is 0 Å². The molecule has 1 saturated heterocycles. The van der Waals surface area contributed by atoms with E-state index in [0.717, 1.165) is 12.7 Å². The van der Waals surface area contributed by atoms with Gasteiger partial charge in [0.2, 0.25) is 12.2 Å². The zero-order valence-electron chi connectivity index (χ0n) is 17.8. The van der Waals surface area contributed by atoms with Crippen molar-refractivity contribution in [2.24, 2.45) is 5.92 Å². The number of amides is 1. The molecule has 0 bridgehead atoms.